The average Bonchev–Trinajstić information content (AvgIpc) is 2.77. The highest BCUT2D eigenvalue weighted by molar-refractivity contribution is 6.30. The van der Waals surface area contributed by atoms with Crippen molar-refractivity contribution in [2.45, 2.75) is 39.8 Å². The summed E-state index contributed by atoms with van der Waals surface area (Å²) < 4.78 is 5.79. The molecule has 3 rings (SSSR count). The molecule has 0 spiro atoms. The molecule has 0 fully saturated rings. The van der Waals surface area contributed by atoms with E-state index in [1.807, 2.05) is 61.5 Å². The molecule has 2 aromatic carbocycles. The standard InChI is InChI=1S/C25H23ClN2O3/c1-4-16(2)28-24(29)22(17(3)23(14-27)25(28)30)13-18-7-11-21(12-8-18)31-15-19-5-9-20(26)10-6-19/h5-13,16H,4,15H2,1-3H3/b22-13+. The van der Waals surface area contributed by atoms with Crippen LogP contribution in [0.1, 0.15) is 38.3 Å². The normalized spacial score (nSPS) is 16.5. The van der Waals surface area contributed by atoms with E-state index in [4.69, 9.17) is 16.3 Å². The number of amides is 2. The van der Waals surface area contributed by atoms with Crippen LogP contribution in [0.4, 0.5) is 0 Å². The molecule has 0 saturated heterocycles. The van der Waals surface area contributed by atoms with Crippen LogP contribution in [0.25, 0.3) is 6.08 Å². The first-order valence-electron chi connectivity index (χ1n) is 10.0. The van der Waals surface area contributed by atoms with E-state index in [9.17, 15) is 14.9 Å². The number of rotatable bonds is 6. The predicted molar refractivity (Wildman–Crippen MR) is 120 cm³/mol. The fourth-order valence-electron chi connectivity index (χ4n) is 3.26. The van der Waals surface area contributed by atoms with Crippen LogP contribution in [-0.4, -0.2) is 22.8 Å². The fourth-order valence-corrected chi connectivity index (χ4v) is 3.38. The number of nitrogens with zero attached hydrogens (tertiary/aromatic N) is 2. The third kappa shape index (κ3) is 4.87. The largest absolute Gasteiger partial charge is 0.489 e. The second-order valence-corrected chi connectivity index (χ2v) is 7.83. The smallest absolute Gasteiger partial charge is 0.271 e. The lowest BCUT2D eigenvalue weighted by Crippen LogP contribution is -2.47. The SMILES string of the molecule is CCC(C)N1C(=O)C(C#N)=C(C)/C(=C\c2ccc(OCc3ccc(Cl)cc3)cc2)C1=O. The summed E-state index contributed by atoms with van der Waals surface area (Å²) in [5.74, 6) is -0.213. The van der Waals surface area contributed by atoms with Gasteiger partial charge in [0.1, 0.15) is 24.0 Å². The van der Waals surface area contributed by atoms with E-state index in [0.29, 0.717) is 34.9 Å². The van der Waals surface area contributed by atoms with Gasteiger partial charge < -0.3 is 4.74 Å². The van der Waals surface area contributed by atoms with Crippen LogP contribution in [0.2, 0.25) is 5.02 Å². The molecule has 5 nitrogen and oxygen atoms in total. The maximum atomic E-state index is 13.0. The monoisotopic (exact) mass is 434 g/mol. The van der Waals surface area contributed by atoms with Crippen LogP contribution in [-0.2, 0) is 16.2 Å². The first kappa shape index (κ1) is 22.3. The number of nitriles is 1. The quantitative estimate of drug-likeness (QED) is 0.456. The summed E-state index contributed by atoms with van der Waals surface area (Å²) in [5, 5.41) is 10.1. The van der Waals surface area contributed by atoms with E-state index >= 15 is 0 Å². The Hall–Kier alpha value is -3.36. The zero-order chi connectivity index (χ0) is 22.5. The molecule has 0 N–H and O–H groups in total. The Bertz CT molecular complexity index is 1090. The number of carbonyl (C=O) groups is 2. The number of hydrogen-bond donors (Lipinski definition) is 0. The lowest BCUT2D eigenvalue weighted by Gasteiger charge is -2.31. The Morgan fingerprint density at radius 3 is 2.32 bits per heavy atom. The molecule has 2 aromatic rings. The number of ether oxygens (including phenoxy) is 1. The maximum Gasteiger partial charge on any atom is 0.271 e. The van der Waals surface area contributed by atoms with E-state index in [1.54, 1.807) is 19.9 Å². The van der Waals surface area contributed by atoms with Crippen molar-refractivity contribution >= 4 is 29.5 Å². The zero-order valence-electron chi connectivity index (χ0n) is 17.7. The molecule has 0 aromatic heterocycles. The van der Waals surface area contributed by atoms with Crippen LogP contribution in [0.5, 0.6) is 5.75 Å². The van der Waals surface area contributed by atoms with Crippen molar-refractivity contribution in [1.29, 1.82) is 5.26 Å². The molecule has 158 valence electrons. The number of hydrogen-bond acceptors (Lipinski definition) is 4. The van der Waals surface area contributed by atoms with Crippen LogP contribution >= 0.6 is 11.6 Å². The van der Waals surface area contributed by atoms with Gasteiger partial charge in [-0.15, -0.1) is 0 Å². The summed E-state index contributed by atoms with van der Waals surface area (Å²) in [6.45, 7) is 5.75. The molecular formula is C25H23ClN2O3. The lowest BCUT2D eigenvalue weighted by atomic mass is 9.92. The molecule has 0 bridgehead atoms. The summed E-state index contributed by atoms with van der Waals surface area (Å²) in [4.78, 5) is 26.8. The van der Waals surface area contributed by atoms with E-state index in [2.05, 4.69) is 0 Å². The molecule has 1 heterocycles. The third-order valence-corrected chi connectivity index (χ3v) is 5.57. The minimum atomic E-state index is -0.526. The molecule has 2 amide bonds. The van der Waals surface area contributed by atoms with Gasteiger partial charge in [-0.3, -0.25) is 14.5 Å². The Balaban J connectivity index is 1.83. The number of benzene rings is 2. The molecular weight excluding hydrogens is 412 g/mol. The van der Waals surface area contributed by atoms with Gasteiger partial charge in [0, 0.05) is 16.6 Å². The first-order valence-corrected chi connectivity index (χ1v) is 10.4. The van der Waals surface area contributed by atoms with Gasteiger partial charge in [-0.2, -0.15) is 5.26 Å². The highest BCUT2D eigenvalue weighted by Crippen LogP contribution is 2.29. The van der Waals surface area contributed by atoms with E-state index < -0.39 is 5.91 Å². The fraction of sp³-hybridized carbons (Fsp3) is 0.240. The van der Waals surface area contributed by atoms with Gasteiger partial charge in [0.05, 0.1) is 0 Å². The summed E-state index contributed by atoms with van der Waals surface area (Å²) in [6.07, 6.45) is 2.32. The second-order valence-electron chi connectivity index (χ2n) is 7.39. The molecule has 0 aliphatic carbocycles. The van der Waals surface area contributed by atoms with Gasteiger partial charge in [-0.25, -0.2) is 0 Å². The summed E-state index contributed by atoms with van der Waals surface area (Å²) in [5.41, 5.74) is 2.54. The molecule has 0 radical (unpaired) electrons. The lowest BCUT2D eigenvalue weighted by molar-refractivity contribution is -0.142. The maximum absolute atomic E-state index is 13.0. The van der Waals surface area contributed by atoms with Crippen molar-refractivity contribution in [3.05, 3.63) is 81.4 Å². The van der Waals surface area contributed by atoms with Crippen LogP contribution in [0, 0.1) is 11.3 Å². The Morgan fingerprint density at radius 1 is 1.10 bits per heavy atom. The summed E-state index contributed by atoms with van der Waals surface area (Å²) in [7, 11) is 0. The van der Waals surface area contributed by atoms with Crippen LogP contribution in [0.3, 0.4) is 0 Å². The first-order chi connectivity index (χ1) is 14.8. The van der Waals surface area contributed by atoms with Crippen molar-refractivity contribution in [3.8, 4) is 11.8 Å². The second kappa shape index (κ2) is 9.63. The van der Waals surface area contributed by atoms with Gasteiger partial charge in [0.25, 0.3) is 11.8 Å². The predicted octanol–water partition coefficient (Wildman–Crippen LogP) is 5.31. The van der Waals surface area contributed by atoms with Crippen molar-refractivity contribution in [3.63, 3.8) is 0 Å². The highest BCUT2D eigenvalue weighted by atomic mass is 35.5. The molecule has 0 saturated carbocycles. The highest BCUT2D eigenvalue weighted by Gasteiger charge is 2.37. The topological polar surface area (TPSA) is 70.4 Å². The van der Waals surface area contributed by atoms with Gasteiger partial charge in [0.2, 0.25) is 0 Å². The van der Waals surface area contributed by atoms with Crippen LogP contribution in [0.15, 0.2) is 65.3 Å². The number of imide groups is 1. The Kier molecular flexibility index (Phi) is 6.94. The molecule has 1 atom stereocenters. The molecule has 1 aliphatic heterocycles. The minimum Gasteiger partial charge on any atom is -0.489 e. The summed E-state index contributed by atoms with van der Waals surface area (Å²) in [6, 6.07) is 16.4. The Labute approximate surface area is 187 Å². The van der Waals surface area contributed by atoms with Gasteiger partial charge in [-0.05, 0) is 67.3 Å². The van der Waals surface area contributed by atoms with E-state index in [1.165, 1.54) is 4.90 Å². The molecule has 6 heteroatoms. The van der Waals surface area contributed by atoms with Gasteiger partial charge >= 0.3 is 0 Å². The molecule has 31 heavy (non-hydrogen) atoms. The summed E-state index contributed by atoms with van der Waals surface area (Å²) >= 11 is 5.89. The zero-order valence-corrected chi connectivity index (χ0v) is 18.4. The van der Waals surface area contributed by atoms with Crippen molar-refractivity contribution < 1.29 is 14.3 Å². The minimum absolute atomic E-state index is 0.00840. The third-order valence-electron chi connectivity index (χ3n) is 5.31. The van der Waals surface area contributed by atoms with Gasteiger partial charge in [0.15, 0.2) is 0 Å². The van der Waals surface area contributed by atoms with E-state index in [0.717, 1.165) is 11.1 Å². The van der Waals surface area contributed by atoms with Gasteiger partial charge in [-0.1, -0.05) is 42.8 Å². The van der Waals surface area contributed by atoms with Crippen molar-refractivity contribution in [2.75, 3.05) is 0 Å². The molecule has 1 unspecified atom stereocenters. The number of halogens is 1. The van der Waals surface area contributed by atoms with E-state index in [-0.39, 0.29) is 17.5 Å². The Morgan fingerprint density at radius 2 is 1.74 bits per heavy atom. The average molecular weight is 435 g/mol. The van der Waals surface area contributed by atoms with Crippen molar-refractivity contribution in [2.24, 2.45) is 0 Å². The van der Waals surface area contributed by atoms with Crippen LogP contribution < -0.4 is 4.74 Å². The molecule has 1 aliphatic rings. The van der Waals surface area contributed by atoms with Crippen molar-refractivity contribution in [1.82, 2.24) is 4.90 Å². The number of carbonyl (C=O) groups excluding carboxylic acids is 2.